The van der Waals surface area contributed by atoms with Crippen molar-refractivity contribution in [2.75, 3.05) is 39.5 Å². The van der Waals surface area contributed by atoms with Crippen LogP contribution >= 0.6 is 11.6 Å². The van der Waals surface area contributed by atoms with E-state index in [4.69, 9.17) is 30.8 Å². The van der Waals surface area contributed by atoms with E-state index in [9.17, 15) is 9.59 Å². The molecule has 212 valence electrons. The van der Waals surface area contributed by atoms with Crippen LogP contribution in [0.5, 0.6) is 11.5 Å². The number of imidazole rings is 1. The Balaban J connectivity index is 1.16. The highest BCUT2D eigenvalue weighted by Gasteiger charge is 2.43. The minimum atomic E-state index is -1.18. The second-order valence-electron chi connectivity index (χ2n) is 10.1. The van der Waals surface area contributed by atoms with E-state index < -0.39 is 17.3 Å². The fourth-order valence-electron chi connectivity index (χ4n) is 5.38. The Morgan fingerprint density at radius 2 is 2.05 bits per heavy atom. The summed E-state index contributed by atoms with van der Waals surface area (Å²) in [6.07, 6.45) is 9.77. The molecule has 5 heterocycles. The van der Waals surface area contributed by atoms with Gasteiger partial charge in [0.05, 0.1) is 6.04 Å². The van der Waals surface area contributed by atoms with Gasteiger partial charge < -0.3 is 29.7 Å². The number of rotatable bonds is 6. The van der Waals surface area contributed by atoms with E-state index in [0.717, 1.165) is 12.0 Å². The summed E-state index contributed by atoms with van der Waals surface area (Å²) in [5.74, 6) is 1.66. The number of nitrogens with one attached hydrogen (secondary N) is 2. The summed E-state index contributed by atoms with van der Waals surface area (Å²) in [5.41, 5.74) is 0.899. The van der Waals surface area contributed by atoms with Gasteiger partial charge in [-0.15, -0.1) is 0 Å². The van der Waals surface area contributed by atoms with Crippen molar-refractivity contribution < 1.29 is 23.8 Å². The minimum Gasteiger partial charge on any atom is -0.486 e. The van der Waals surface area contributed by atoms with Crippen molar-refractivity contribution in [3.8, 4) is 11.5 Å². The van der Waals surface area contributed by atoms with Gasteiger partial charge in [0.1, 0.15) is 25.6 Å². The number of fused-ring (bicyclic) bond motifs is 1. The van der Waals surface area contributed by atoms with Gasteiger partial charge in [0.15, 0.2) is 11.5 Å². The first-order valence-electron chi connectivity index (χ1n) is 13.5. The Bertz CT molecular complexity index is 1300. The van der Waals surface area contributed by atoms with Gasteiger partial charge in [0, 0.05) is 57.8 Å². The Hall–Kier alpha value is -3.61. The number of benzene rings is 1. The van der Waals surface area contributed by atoms with Crippen LogP contribution in [0.2, 0.25) is 0 Å². The molecule has 40 heavy (non-hydrogen) atoms. The van der Waals surface area contributed by atoms with Crippen LogP contribution in [0.25, 0.3) is 0 Å². The van der Waals surface area contributed by atoms with Crippen LogP contribution in [0.15, 0.2) is 54.2 Å². The molecule has 0 saturated carbocycles. The van der Waals surface area contributed by atoms with Crippen molar-refractivity contribution in [3.63, 3.8) is 0 Å². The molecule has 0 spiro atoms. The molecule has 6 rings (SSSR count). The lowest BCUT2D eigenvalue weighted by Crippen LogP contribution is -2.62. The van der Waals surface area contributed by atoms with Crippen molar-refractivity contribution in [2.24, 2.45) is 4.99 Å². The molecule has 12 nitrogen and oxygen atoms in total. The molecule has 1 aromatic heterocycles. The van der Waals surface area contributed by atoms with Crippen molar-refractivity contribution in [3.05, 3.63) is 54.8 Å². The minimum absolute atomic E-state index is 0.0751. The quantitative estimate of drug-likeness (QED) is 0.394. The van der Waals surface area contributed by atoms with E-state index in [1.54, 1.807) is 40.5 Å². The largest absolute Gasteiger partial charge is 0.486 e. The molecule has 3 atom stereocenters. The van der Waals surface area contributed by atoms with E-state index in [0.29, 0.717) is 69.9 Å². The number of aliphatic imine (C=N–C) groups is 1. The average Bonchev–Trinajstić information content (AvgIpc) is 3.71. The Morgan fingerprint density at radius 3 is 2.85 bits per heavy atom. The van der Waals surface area contributed by atoms with Gasteiger partial charge in [0.25, 0.3) is 5.91 Å². The number of ether oxygens (including phenoxy) is 3. The Morgan fingerprint density at radius 1 is 1.18 bits per heavy atom. The number of nitrogens with zero attached hydrogens (tertiary/aromatic N) is 5. The number of aromatic nitrogens is 2. The van der Waals surface area contributed by atoms with Crippen LogP contribution < -0.4 is 20.1 Å². The number of carbonyl (C=O) groups excluding carboxylic acids is 2. The summed E-state index contributed by atoms with van der Waals surface area (Å²) in [5, 5.41) is 4.91. The molecule has 1 aromatic carbocycles. The van der Waals surface area contributed by atoms with Gasteiger partial charge in [-0.3, -0.25) is 19.1 Å². The van der Waals surface area contributed by atoms with Crippen LogP contribution in [0.1, 0.15) is 24.8 Å². The van der Waals surface area contributed by atoms with E-state index in [2.05, 4.69) is 15.6 Å². The van der Waals surface area contributed by atoms with E-state index in [-0.39, 0.29) is 18.2 Å². The third-order valence-corrected chi connectivity index (χ3v) is 7.90. The highest BCUT2D eigenvalue weighted by Crippen LogP contribution is 2.32. The SMILES string of the molecule is O=C(CC1CN(C2(Cl)C=CNC(n3ccnc3)=N2)CCN1C(=O)C1CCCO1)NCc1ccc2c(c1)OCCO2. The normalized spacial score (nSPS) is 26.2. The van der Waals surface area contributed by atoms with Crippen molar-refractivity contribution in [1.82, 2.24) is 30.0 Å². The van der Waals surface area contributed by atoms with Crippen LogP contribution in [-0.2, 0) is 20.9 Å². The predicted octanol–water partition coefficient (Wildman–Crippen LogP) is 1.27. The van der Waals surface area contributed by atoms with E-state index in [1.807, 2.05) is 23.1 Å². The monoisotopic (exact) mass is 569 g/mol. The topological polar surface area (TPSA) is 123 Å². The molecule has 3 unspecified atom stereocenters. The molecule has 2 amide bonds. The number of alkyl halides is 1. The average molecular weight is 570 g/mol. The highest BCUT2D eigenvalue weighted by molar-refractivity contribution is 6.25. The van der Waals surface area contributed by atoms with Crippen LogP contribution in [0.4, 0.5) is 0 Å². The molecule has 4 aliphatic heterocycles. The van der Waals surface area contributed by atoms with E-state index in [1.165, 1.54) is 0 Å². The molecular weight excluding hydrogens is 538 g/mol. The highest BCUT2D eigenvalue weighted by atomic mass is 35.5. The van der Waals surface area contributed by atoms with Crippen LogP contribution in [0.3, 0.4) is 0 Å². The molecule has 0 bridgehead atoms. The molecule has 2 fully saturated rings. The summed E-state index contributed by atoms with van der Waals surface area (Å²) in [7, 11) is 0. The molecule has 2 aromatic rings. The maximum atomic E-state index is 13.4. The zero-order chi connectivity index (χ0) is 27.5. The standard InChI is InChI=1S/C27H32ClN7O5/c28-27(5-6-30-26(32-27)33-8-7-29-18-33)34-9-10-35(25(37)22-2-1-11-38-22)20(17-34)15-24(36)31-16-19-3-4-21-23(14-19)40-13-12-39-21/h3-8,14,18,20,22H,1-2,9-13,15-17H2,(H,30,32)(H,31,36). The molecule has 13 heteroatoms. The maximum absolute atomic E-state index is 13.4. The number of hydrogen-bond acceptors (Lipinski definition) is 9. The molecular formula is C27H32ClN7O5. The smallest absolute Gasteiger partial charge is 0.252 e. The van der Waals surface area contributed by atoms with Gasteiger partial charge in [-0.1, -0.05) is 17.7 Å². The second-order valence-corrected chi connectivity index (χ2v) is 10.7. The lowest BCUT2D eigenvalue weighted by molar-refractivity contribution is -0.147. The lowest BCUT2D eigenvalue weighted by Gasteiger charge is -2.46. The first-order chi connectivity index (χ1) is 19.5. The van der Waals surface area contributed by atoms with Crippen LogP contribution in [-0.4, -0.2) is 93.8 Å². The van der Waals surface area contributed by atoms with Gasteiger partial charge >= 0.3 is 0 Å². The molecule has 0 radical (unpaired) electrons. The zero-order valence-corrected chi connectivity index (χ0v) is 22.8. The number of carbonyl (C=O) groups is 2. The number of piperazine rings is 1. The summed E-state index contributed by atoms with van der Waals surface area (Å²) in [4.78, 5) is 39.2. The maximum Gasteiger partial charge on any atom is 0.252 e. The third-order valence-electron chi connectivity index (χ3n) is 7.45. The van der Waals surface area contributed by atoms with Gasteiger partial charge in [-0.2, -0.15) is 0 Å². The summed E-state index contributed by atoms with van der Waals surface area (Å²) in [6.45, 7) is 3.19. The fraction of sp³-hybridized carbons (Fsp3) is 0.481. The third kappa shape index (κ3) is 5.65. The zero-order valence-electron chi connectivity index (χ0n) is 22.0. The van der Waals surface area contributed by atoms with Gasteiger partial charge in [-0.05, 0) is 36.6 Å². The summed E-state index contributed by atoms with van der Waals surface area (Å²) < 4.78 is 18.7. The Labute approximate surface area is 236 Å². The van der Waals surface area contributed by atoms with Crippen molar-refractivity contribution >= 4 is 29.4 Å². The first kappa shape index (κ1) is 26.6. The summed E-state index contributed by atoms with van der Waals surface area (Å²) in [6, 6.07) is 5.22. The summed E-state index contributed by atoms with van der Waals surface area (Å²) >= 11 is 7.05. The van der Waals surface area contributed by atoms with Crippen molar-refractivity contribution in [1.29, 1.82) is 0 Å². The molecule has 2 saturated heterocycles. The molecule has 0 aliphatic carbocycles. The number of hydrogen-bond donors (Lipinski definition) is 2. The molecule has 4 aliphatic rings. The lowest BCUT2D eigenvalue weighted by atomic mass is 10.0. The second kappa shape index (κ2) is 11.5. The van der Waals surface area contributed by atoms with Gasteiger partial charge in [0.2, 0.25) is 17.0 Å². The first-order valence-corrected chi connectivity index (χ1v) is 13.9. The Kier molecular flexibility index (Phi) is 7.63. The van der Waals surface area contributed by atoms with Gasteiger partial charge in [-0.25, -0.2) is 9.98 Å². The predicted molar refractivity (Wildman–Crippen MR) is 146 cm³/mol. The number of halogens is 1. The molecule has 2 N–H and O–H groups in total. The fourth-order valence-corrected chi connectivity index (χ4v) is 5.68. The van der Waals surface area contributed by atoms with Crippen LogP contribution in [0, 0.1) is 0 Å². The van der Waals surface area contributed by atoms with Crippen molar-refractivity contribution in [2.45, 2.75) is 43.1 Å². The van der Waals surface area contributed by atoms with E-state index >= 15 is 0 Å². The number of amides is 2.